The van der Waals surface area contributed by atoms with Crippen molar-refractivity contribution in [1.82, 2.24) is 4.98 Å². The monoisotopic (exact) mass is 294 g/mol. The summed E-state index contributed by atoms with van der Waals surface area (Å²) in [5.74, 6) is 0. The van der Waals surface area contributed by atoms with Crippen molar-refractivity contribution >= 4 is 16.5 Å². The fraction of sp³-hybridized carbons (Fsp3) is 0.750. The number of ether oxygens (including phenoxy) is 1. The number of rotatable bonds is 2. The summed E-state index contributed by atoms with van der Waals surface area (Å²) in [6.07, 6.45) is -3.67. The molecule has 1 N–H and O–H groups in total. The van der Waals surface area contributed by atoms with Gasteiger partial charge in [0.25, 0.3) is 0 Å². The van der Waals surface area contributed by atoms with E-state index >= 15 is 0 Å². The van der Waals surface area contributed by atoms with Crippen molar-refractivity contribution < 1.29 is 17.9 Å². The van der Waals surface area contributed by atoms with Crippen LogP contribution in [0.2, 0.25) is 0 Å². The topological polar surface area (TPSA) is 34.2 Å². The highest BCUT2D eigenvalue weighted by atomic mass is 32.1. The van der Waals surface area contributed by atoms with Gasteiger partial charge in [-0.05, 0) is 34.1 Å². The minimum Gasteiger partial charge on any atom is -0.367 e. The van der Waals surface area contributed by atoms with Crippen LogP contribution in [0.4, 0.5) is 18.3 Å². The highest BCUT2D eigenvalue weighted by molar-refractivity contribution is 7.13. The Bertz CT molecular complexity index is 468. The molecule has 0 bridgehead atoms. The minimum atomic E-state index is -4.39. The molecule has 1 atom stereocenters. The molecule has 19 heavy (non-hydrogen) atoms. The maximum Gasteiger partial charge on any atom is 0.434 e. The second-order valence-corrected chi connectivity index (χ2v) is 6.76. The third kappa shape index (κ3) is 3.20. The van der Waals surface area contributed by atoms with Crippen molar-refractivity contribution in [1.29, 1.82) is 0 Å². The van der Waals surface area contributed by atoms with Gasteiger partial charge in [0.15, 0.2) is 10.8 Å². The first-order valence-electron chi connectivity index (χ1n) is 5.99. The predicted molar refractivity (Wildman–Crippen MR) is 68.4 cm³/mol. The molecule has 1 aliphatic rings. The van der Waals surface area contributed by atoms with Crippen molar-refractivity contribution in [2.45, 2.75) is 57.5 Å². The van der Waals surface area contributed by atoms with Gasteiger partial charge in [-0.2, -0.15) is 13.2 Å². The zero-order valence-corrected chi connectivity index (χ0v) is 12.1. The Labute approximate surface area is 114 Å². The molecule has 1 unspecified atom stereocenters. The average Bonchev–Trinajstić information content (AvgIpc) is 2.68. The van der Waals surface area contributed by atoms with Crippen LogP contribution in [0.1, 0.15) is 39.8 Å². The normalized spacial score (nSPS) is 25.5. The second-order valence-electron chi connectivity index (χ2n) is 5.90. The van der Waals surface area contributed by atoms with Gasteiger partial charge >= 0.3 is 6.18 Å². The summed E-state index contributed by atoms with van der Waals surface area (Å²) < 4.78 is 43.3. The van der Waals surface area contributed by atoms with Crippen LogP contribution in [-0.4, -0.2) is 22.2 Å². The first kappa shape index (κ1) is 14.6. The fourth-order valence-corrected chi connectivity index (χ4v) is 3.18. The van der Waals surface area contributed by atoms with E-state index in [1.807, 2.05) is 27.7 Å². The highest BCUT2D eigenvalue weighted by Gasteiger charge is 2.46. The second kappa shape index (κ2) is 4.34. The van der Waals surface area contributed by atoms with E-state index in [0.717, 1.165) is 23.1 Å². The summed E-state index contributed by atoms with van der Waals surface area (Å²) >= 11 is 0.966. The number of nitrogens with zero attached hydrogens (tertiary/aromatic N) is 1. The molecular weight excluding hydrogens is 277 g/mol. The molecule has 1 saturated heterocycles. The van der Waals surface area contributed by atoms with Crippen molar-refractivity contribution in [2.75, 3.05) is 5.32 Å². The predicted octanol–water partition coefficient (Wildman–Crippen LogP) is 3.92. The van der Waals surface area contributed by atoms with Gasteiger partial charge in [-0.15, -0.1) is 11.3 Å². The van der Waals surface area contributed by atoms with E-state index in [0.29, 0.717) is 0 Å². The molecule has 1 aliphatic heterocycles. The van der Waals surface area contributed by atoms with Crippen LogP contribution in [0.15, 0.2) is 5.38 Å². The molecule has 3 nitrogen and oxygen atoms in total. The smallest absolute Gasteiger partial charge is 0.367 e. The largest absolute Gasteiger partial charge is 0.434 e. The van der Waals surface area contributed by atoms with Crippen molar-refractivity contribution in [2.24, 2.45) is 0 Å². The molecule has 0 radical (unpaired) electrons. The van der Waals surface area contributed by atoms with Crippen LogP contribution < -0.4 is 5.32 Å². The SMILES string of the molecule is CC1(C)CC(Nc2nc(C(F)(F)F)cs2)C(C)(C)O1. The lowest BCUT2D eigenvalue weighted by Gasteiger charge is -2.27. The van der Waals surface area contributed by atoms with Crippen molar-refractivity contribution in [3.8, 4) is 0 Å². The molecule has 1 aromatic rings. The number of alkyl halides is 3. The van der Waals surface area contributed by atoms with E-state index in [1.54, 1.807) is 0 Å². The van der Waals surface area contributed by atoms with Gasteiger partial charge < -0.3 is 10.1 Å². The molecule has 1 fully saturated rings. The third-order valence-electron chi connectivity index (χ3n) is 3.17. The van der Waals surface area contributed by atoms with Gasteiger partial charge in [0, 0.05) is 5.38 Å². The number of hydrogen-bond acceptors (Lipinski definition) is 4. The number of halogens is 3. The molecule has 0 aliphatic carbocycles. The van der Waals surface area contributed by atoms with Crippen LogP contribution in [-0.2, 0) is 10.9 Å². The molecule has 2 heterocycles. The van der Waals surface area contributed by atoms with Crippen LogP contribution in [0.5, 0.6) is 0 Å². The molecular formula is C12H17F3N2OS. The van der Waals surface area contributed by atoms with Crippen molar-refractivity contribution in [3.05, 3.63) is 11.1 Å². The van der Waals surface area contributed by atoms with Crippen LogP contribution in [0, 0.1) is 0 Å². The molecule has 108 valence electrons. The minimum absolute atomic E-state index is 0.0604. The van der Waals surface area contributed by atoms with Crippen LogP contribution in [0.3, 0.4) is 0 Å². The third-order valence-corrected chi connectivity index (χ3v) is 3.94. The molecule has 7 heteroatoms. The summed E-state index contributed by atoms with van der Waals surface area (Å²) in [5.41, 5.74) is -1.57. The quantitative estimate of drug-likeness (QED) is 0.897. The van der Waals surface area contributed by atoms with E-state index < -0.39 is 17.5 Å². The lowest BCUT2D eigenvalue weighted by atomic mass is 9.95. The summed E-state index contributed by atoms with van der Waals surface area (Å²) in [5, 5.41) is 4.37. The van der Waals surface area contributed by atoms with E-state index in [1.165, 1.54) is 0 Å². The molecule has 0 saturated carbocycles. The number of hydrogen-bond donors (Lipinski definition) is 1. The van der Waals surface area contributed by atoms with Gasteiger partial charge in [0.1, 0.15) is 0 Å². The van der Waals surface area contributed by atoms with Crippen molar-refractivity contribution in [3.63, 3.8) is 0 Å². The van der Waals surface area contributed by atoms with E-state index in [9.17, 15) is 13.2 Å². The Morgan fingerprint density at radius 3 is 2.42 bits per heavy atom. The summed E-state index contributed by atoms with van der Waals surface area (Å²) in [7, 11) is 0. The Balaban J connectivity index is 2.12. The first-order valence-corrected chi connectivity index (χ1v) is 6.87. The first-order chi connectivity index (χ1) is 8.50. The van der Waals surface area contributed by atoms with Crippen LogP contribution >= 0.6 is 11.3 Å². The molecule has 0 amide bonds. The Kier molecular flexibility index (Phi) is 3.33. The van der Waals surface area contributed by atoms with Crippen LogP contribution in [0.25, 0.3) is 0 Å². The maximum absolute atomic E-state index is 12.5. The number of anilines is 1. The van der Waals surface area contributed by atoms with Gasteiger partial charge in [-0.25, -0.2) is 4.98 Å². The van der Waals surface area contributed by atoms with Gasteiger partial charge in [0.2, 0.25) is 0 Å². The molecule has 0 aromatic carbocycles. The van der Waals surface area contributed by atoms with E-state index in [4.69, 9.17) is 4.74 Å². The fourth-order valence-electron chi connectivity index (χ4n) is 2.41. The highest BCUT2D eigenvalue weighted by Crippen LogP contribution is 2.40. The Morgan fingerprint density at radius 2 is 2.00 bits per heavy atom. The number of aromatic nitrogens is 1. The Morgan fingerprint density at radius 1 is 1.37 bits per heavy atom. The molecule has 2 rings (SSSR count). The summed E-state index contributed by atoms with van der Waals surface area (Å²) in [6, 6.07) is -0.0604. The van der Waals surface area contributed by atoms with E-state index in [-0.39, 0.29) is 16.8 Å². The number of nitrogens with one attached hydrogen (secondary N) is 1. The zero-order chi connectivity index (χ0) is 14.5. The molecule has 0 spiro atoms. The molecule has 1 aromatic heterocycles. The van der Waals surface area contributed by atoms with E-state index in [2.05, 4.69) is 10.3 Å². The summed E-state index contributed by atoms with van der Waals surface area (Å²) in [4.78, 5) is 3.59. The lowest BCUT2D eigenvalue weighted by molar-refractivity contribution is -0.140. The summed E-state index contributed by atoms with van der Waals surface area (Å²) in [6.45, 7) is 7.80. The maximum atomic E-state index is 12.5. The van der Waals surface area contributed by atoms with Gasteiger partial charge in [-0.1, -0.05) is 0 Å². The van der Waals surface area contributed by atoms with Gasteiger partial charge in [-0.3, -0.25) is 0 Å². The zero-order valence-electron chi connectivity index (χ0n) is 11.3. The standard InChI is InChI=1S/C12H17F3N2OS/c1-10(2)5-7(11(3,4)18-10)16-9-17-8(6-19-9)12(13,14)15/h6-7H,5H2,1-4H3,(H,16,17). The Hall–Kier alpha value is -0.820. The van der Waals surface area contributed by atoms with Gasteiger partial charge in [0.05, 0.1) is 17.2 Å². The lowest BCUT2D eigenvalue weighted by Crippen LogP contribution is -2.38. The average molecular weight is 294 g/mol. The number of thiazole rings is 1.